The number of aldehydes is 4. The maximum absolute atomic E-state index is 10.8. The fourth-order valence-electron chi connectivity index (χ4n) is 1.37. The Morgan fingerprint density at radius 1 is 0.800 bits per heavy atom. The lowest BCUT2D eigenvalue weighted by molar-refractivity contribution is 0.108. The Morgan fingerprint density at radius 2 is 1.33 bits per heavy atom. The van der Waals surface area contributed by atoms with Crippen molar-refractivity contribution in [2.45, 2.75) is 6.92 Å². The van der Waals surface area contributed by atoms with Crippen LogP contribution in [0.4, 0.5) is 0 Å². The molecule has 0 N–H and O–H groups in total. The SMILES string of the molecule is Cc1c(C=O)cc(C=O)c(C=O)c1C=O. The van der Waals surface area contributed by atoms with E-state index >= 15 is 0 Å². The van der Waals surface area contributed by atoms with Crippen molar-refractivity contribution in [3.8, 4) is 0 Å². The third kappa shape index (κ3) is 1.74. The van der Waals surface area contributed by atoms with E-state index in [2.05, 4.69) is 0 Å². The molecule has 0 amide bonds. The molecular weight excluding hydrogens is 196 g/mol. The zero-order valence-electron chi connectivity index (χ0n) is 8.02. The van der Waals surface area contributed by atoms with Crippen LogP contribution in [0.5, 0.6) is 0 Å². The molecule has 0 saturated carbocycles. The maximum Gasteiger partial charge on any atom is 0.151 e. The van der Waals surface area contributed by atoms with E-state index in [1.165, 1.54) is 6.07 Å². The molecule has 1 aromatic carbocycles. The molecule has 0 spiro atoms. The molecule has 0 aromatic heterocycles. The summed E-state index contributed by atoms with van der Waals surface area (Å²) in [5.74, 6) is 0. The highest BCUT2D eigenvalue weighted by molar-refractivity contribution is 6.02. The minimum absolute atomic E-state index is 0.0306. The summed E-state index contributed by atoms with van der Waals surface area (Å²) in [4.78, 5) is 42.8. The number of hydrogen-bond donors (Lipinski definition) is 0. The second kappa shape index (κ2) is 4.41. The third-order valence-electron chi connectivity index (χ3n) is 2.24. The van der Waals surface area contributed by atoms with Gasteiger partial charge in [0.25, 0.3) is 0 Å². The van der Waals surface area contributed by atoms with E-state index in [9.17, 15) is 19.2 Å². The molecule has 4 heteroatoms. The zero-order chi connectivity index (χ0) is 11.4. The van der Waals surface area contributed by atoms with Crippen molar-refractivity contribution in [3.63, 3.8) is 0 Å². The molecule has 0 aliphatic heterocycles. The van der Waals surface area contributed by atoms with Crippen LogP contribution in [0, 0.1) is 6.92 Å². The van der Waals surface area contributed by atoms with Crippen molar-refractivity contribution < 1.29 is 19.2 Å². The van der Waals surface area contributed by atoms with Gasteiger partial charge in [0.1, 0.15) is 6.29 Å². The molecule has 15 heavy (non-hydrogen) atoms. The molecule has 0 aliphatic carbocycles. The summed E-state index contributed by atoms with van der Waals surface area (Å²) in [5.41, 5.74) is 0.831. The molecule has 0 fully saturated rings. The smallest absolute Gasteiger partial charge is 0.151 e. The number of carbonyl (C=O) groups excluding carboxylic acids is 4. The van der Waals surface area contributed by atoms with Crippen molar-refractivity contribution in [2.24, 2.45) is 0 Å². The standard InChI is InChI=1S/C11H8O4/c1-7-8(3-12)2-9(4-13)11(6-15)10(7)5-14/h2-6H,1H3. The molecule has 0 unspecified atom stereocenters. The van der Waals surface area contributed by atoms with Crippen LogP contribution in [0.15, 0.2) is 6.07 Å². The Bertz CT molecular complexity index is 446. The Hall–Kier alpha value is -2.10. The van der Waals surface area contributed by atoms with Gasteiger partial charge in [-0.25, -0.2) is 0 Å². The third-order valence-corrected chi connectivity index (χ3v) is 2.24. The first kappa shape index (κ1) is 11.0. The molecule has 76 valence electrons. The van der Waals surface area contributed by atoms with Gasteiger partial charge in [0.2, 0.25) is 0 Å². The number of rotatable bonds is 4. The summed E-state index contributed by atoms with van der Waals surface area (Å²) in [6, 6.07) is 1.30. The predicted molar refractivity (Wildman–Crippen MR) is 52.7 cm³/mol. The van der Waals surface area contributed by atoms with E-state index < -0.39 is 0 Å². The molecule has 0 radical (unpaired) electrons. The molecule has 0 heterocycles. The maximum atomic E-state index is 10.8. The van der Waals surface area contributed by atoms with Gasteiger partial charge in [-0.05, 0) is 18.6 Å². The van der Waals surface area contributed by atoms with Crippen LogP contribution in [0.1, 0.15) is 47.0 Å². The highest BCUT2D eigenvalue weighted by atomic mass is 16.1. The lowest BCUT2D eigenvalue weighted by Gasteiger charge is -2.07. The topological polar surface area (TPSA) is 68.3 Å². The van der Waals surface area contributed by atoms with Gasteiger partial charge >= 0.3 is 0 Å². The van der Waals surface area contributed by atoms with Gasteiger partial charge < -0.3 is 0 Å². The Balaban J connectivity index is 3.71. The van der Waals surface area contributed by atoms with E-state index in [0.717, 1.165) is 0 Å². The van der Waals surface area contributed by atoms with Crippen LogP contribution >= 0.6 is 0 Å². The van der Waals surface area contributed by atoms with E-state index in [0.29, 0.717) is 30.7 Å². The first-order valence-electron chi connectivity index (χ1n) is 4.17. The van der Waals surface area contributed by atoms with Gasteiger partial charge in [0, 0.05) is 22.3 Å². The average Bonchev–Trinajstić information content (AvgIpc) is 2.28. The van der Waals surface area contributed by atoms with E-state index in [-0.39, 0.29) is 22.3 Å². The van der Waals surface area contributed by atoms with Crippen molar-refractivity contribution >= 4 is 25.1 Å². The fraction of sp³-hybridized carbons (Fsp3) is 0.0909. The quantitative estimate of drug-likeness (QED) is 0.692. The highest BCUT2D eigenvalue weighted by Gasteiger charge is 2.13. The molecule has 0 bridgehead atoms. The van der Waals surface area contributed by atoms with Crippen LogP contribution in [0.2, 0.25) is 0 Å². The van der Waals surface area contributed by atoms with E-state index in [4.69, 9.17) is 0 Å². The second-order valence-corrected chi connectivity index (χ2v) is 2.98. The van der Waals surface area contributed by atoms with Gasteiger partial charge in [-0.3, -0.25) is 19.2 Å². The number of benzene rings is 1. The average molecular weight is 204 g/mol. The summed E-state index contributed by atoms with van der Waals surface area (Å²) in [6.45, 7) is 1.55. The summed E-state index contributed by atoms with van der Waals surface area (Å²) < 4.78 is 0. The van der Waals surface area contributed by atoms with E-state index in [1.807, 2.05) is 0 Å². The lowest BCUT2D eigenvalue weighted by atomic mass is 9.94. The molecule has 4 nitrogen and oxygen atoms in total. The van der Waals surface area contributed by atoms with Crippen LogP contribution in [-0.4, -0.2) is 25.1 Å². The normalized spacial score (nSPS) is 9.40. The Morgan fingerprint density at radius 3 is 1.73 bits per heavy atom. The van der Waals surface area contributed by atoms with Gasteiger partial charge in [-0.2, -0.15) is 0 Å². The second-order valence-electron chi connectivity index (χ2n) is 2.98. The Labute approximate surface area is 85.9 Å². The van der Waals surface area contributed by atoms with Gasteiger partial charge in [-0.15, -0.1) is 0 Å². The molecule has 0 saturated heterocycles. The van der Waals surface area contributed by atoms with Gasteiger partial charge in [-0.1, -0.05) is 0 Å². The van der Waals surface area contributed by atoms with Crippen molar-refractivity contribution in [1.82, 2.24) is 0 Å². The molecule has 1 aromatic rings. The first-order valence-corrected chi connectivity index (χ1v) is 4.17. The summed E-state index contributed by atoms with van der Waals surface area (Å²) in [5, 5.41) is 0. The summed E-state index contributed by atoms with van der Waals surface area (Å²) in [7, 11) is 0. The van der Waals surface area contributed by atoms with Crippen LogP contribution < -0.4 is 0 Å². The zero-order valence-corrected chi connectivity index (χ0v) is 8.02. The van der Waals surface area contributed by atoms with Crippen molar-refractivity contribution in [1.29, 1.82) is 0 Å². The van der Waals surface area contributed by atoms with Crippen molar-refractivity contribution in [2.75, 3.05) is 0 Å². The minimum Gasteiger partial charge on any atom is -0.298 e. The Kier molecular flexibility index (Phi) is 3.23. The molecular formula is C11H8O4. The van der Waals surface area contributed by atoms with Crippen LogP contribution in [-0.2, 0) is 0 Å². The van der Waals surface area contributed by atoms with E-state index in [1.54, 1.807) is 6.92 Å². The number of hydrogen-bond acceptors (Lipinski definition) is 4. The van der Waals surface area contributed by atoms with Crippen molar-refractivity contribution in [3.05, 3.63) is 33.9 Å². The largest absolute Gasteiger partial charge is 0.298 e. The molecule has 0 aliphatic rings. The molecule has 1 rings (SSSR count). The summed E-state index contributed by atoms with van der Waals surface area (Å²) >= 11 is 0. The summed E-state index contributed by atoms with van der Waals surface area (Å²) in [6.07, 6.45) is 1.90. The first-order chi connectivity index (χ1) is 7.19. The van der Waals surface area contributed by atoms with Gasteiger partial charge in [0.05, 0.1) is 0 Å². The molecule has 0 atom stereocenters. The monoisotopic (exact) mass is 204 g/mol. The van der Waals surface area contributed by atoms with Crippen LogP contribution in [0.25, 0.3) is 0 Å². The lowest BCUT2D eigenvalue weighted by Crippen LogP contribution is -2.04. The fourth-order valence-corrected chi connectivity index (χ4v) is 1.37. The number of carbonyl (C=O) groups is 4. The predicted octanol–water partition coefficient (Wildman–Crippen LogP) is 1.25. The minimum atomic E-state index is 0.0306. The van der Waals surface area contributed by atoms with Gasteiger partial charge in [0.15, 0.2) is 18.9 Å². The highest BCUT2D eigenvalue weighted by Crippen LogP contribution is 2.18. The van der Waals surface area contributed by atoms with Crippen LogP contribution in [0.3, 0.4) is 0 Å².